The number of nitrogens with zero attached hydrogens (tertiary/aromatic N) is 3. The van der Waals surface area contributed by atoms with Crippen LogP contribution in [0.2, 0.25) is 4.47 Å². The largest absolute Gasteiger partial charge is 0.395 e. The summed E-state index contributed by atoms with van der Waals surface area (Å²) in [5, 5.41) is 16.6. The molecule has 2 rings (SSSR count). The van der Waals surface area contributed by atoms with Crippen LogP contribution in [0.3, 0.4) is 0 Å². The van der Waals surface area contributed by atoms with Gasteiger partial charge in [0.1, 0.15) is 0 Å². The molecule has 0 aromatic carbocycles. The number of aliphatic hydroxyl groups excluding tert-OH is 1. The third-order valence-corrected chi connectivity index (χ3v) is 3.71. The van der Waals surface area contributed by atoms with Crippen LogP contribution in [-0.4, -0.2) is 45.3 Å². The fourth-order valence-corrected chi connectivity index (χ4v) is 2.46. The van der Waals surface area contributed by atoms with Crippen molar-refractivity contribution in [1.29, 1.82) is 0 Å². The summed E-state index contributed by atoms with van der Waals surface area (Å²) < 4.78 is 0.265. The monoisotopic (exact) mass is 261 g/mol. The van der Waals surface area contributed by atoms with Crippen molar-refractivity contribution in [2.75, 3.05) is 13.2 Å². The normalized spacial score (nSPS) is 15.9. The molecule has 1 heterocycles. The summed E-state index contributed by atoms with van der Waals surface area (Å²) in [4.78, 5) is 13.7. The maximum Gasteiger partial charge on any atom is 0.285 e. The van der Waals surface area contributed by atoms with E-state index in [1.54, 1.807) is 4.90 Å². The number of hydrogen-bond donors (Lipinski definition) is 1. The van der Waals surface area contributed by atoms with Crippen molar-refractivity contribution >= 4 is 28.8 Å². The number of aliphatic hydroxyl groups is 1. The van der Waals surface area contributed by atoms with E-state index in [4.69, 9.17) is 16.7 Å². The van der Waals surface area contributed by atoms with E-state index >= 15 is 0 Å². The van der Waals surface area contributed by atoms with Crippen molar-refractivity contribution in [1.82, 2.24) is 15.1 Å². The van der Waals surface area contributed by atoms with E-state index in [1.165, 1.54) is 0 Å². The maximum atomic E-state index is 12.0. The molecule has 7 heteroatoms. The van der Waals surface area contributed by atoms with Crippen molar-refractivity contribution in [2.45, 2.75) is 25.3 Å². The summed E-state index contributed by atoms with van der Waals surface area (Å²) in [6.07, 6.45) is 3.13. The minimum absolute atomic E-state index is 0.0330. The quantitative estimate of drug-likeness (QED) is 0.884. The summed E-state index contributed by atoms with van der Waals surface area (Å²) >= 11 is 6.71. The van der Waals surface area contributed by atoms with Crippen LogP contribution in [0.5, 0.6) is 0 Å². The average molecular weight is 262 g/mol. The highest BCUT2D eigenvalue weighted by molar-refractivity contribution is 7.17. The molecular formula is C9H12ClN3O2S. The molecule has 88 valence electrons. The molecule has 0 atom stereocenters. The summed E-state index contributed by atoms with van der Waals surface area (Å²) in [7, 11) is 0. The third-order valence-electron chi connectivity index (χ3n) is 2.70. The molecule has 0 aliphatic heterocycles. The van der Waals surface area contributed by atoms with Crippen LogP contribution in [0.1, 0.15) is 29.1 Å². The Labute approximate surface area is 102 Å². The number of halogens is 1. The molecule has 5 nitrogen and oxygen atoms in total. The lowest BCUT2D eigenvalue weighted by Gasteiger charge is -2.36. The fraction of sp³-hybridized carbons (Fsp3) is 0.667. The summed E-state index contributed by atoms with van der Waals surface area (Å²) in [5.41, 5.74) is 0. The van der Waals surface area contributed by atoms with Crippen molar-refractivity contribution in [3.63, 3.8) is 0 Å². The first-order valence-corrected chi connectivity index (χ1v) is 6.32. The second-order valence-corrected chi connectivity index (χ2v) is 5.23. The second kappa shape index (κ2) is 5.07. The Morgan fingerprint density at radius 3 is 2.75 bits per heavy atom. The molecule has 0 saturated heterocycles. The minimum atomic E-state index is -0.178. The number of aromatic nitrogens is 2. The van der Waals surface area contributed by atoms with E-state index in [0.717, 1.165) is 30.6 Å². The van der Waals surface area contributed by atoms with Crippen LogP contribution in [0.15, 0.2) is 0 Å². The molecule has 1 fully saturated rings. The molecule has 1 aromatic heterocycles. The molecule has 1 N–H and O–H groups in total. The van der Waals surface area contributed by atoms with E-state index in [2.05, 4.69) is 10.2 Å². The Hall–Kier alpha value is -0.720. The van der Waals surface area contributed by atoms with Gasteiger partial charge in [0.2, 0.25) is 9.47 Å². The first-order chi connectivity index (χ1) is 7.72. The first kappa shape index (κ1) is 11.8. The van der Waals surface area contributed by atoms with Crippen LogP contribution in [0.25, 0.3) is 0 Å². The minimum Gasteiger partial charge on any atom is -0.395 e. The lowest BCUT2D eigenvalue weighted by Crippen LogP contribution is -2.45. The number of carbonyl (C=O) groups excluding carboxylic acids is 1. The highest BCUT2D eigenvalue weighted by Crippen LogP contribution is 2.27. The molecule has 1 saturated carbocycles. The summed E-state index contributed by atoms with van der Waals surface area (Å²) in [6, 6.07) is 0.238. The maximum absolute atomic E-state index is 12.0. The van der Waals surface area contributed by atoms with Gasteiger partial charge in [-0.05, 0) is 30.9 Å². The van der Waals surface area contributed by atoms with Gasteiger partial charge < -0.3 is 10.0 Å². The molecule has 1 aliphatic rings. The Balaban J connectivity index is 2.09. The zero-order valence-electron chi connectivity index (χ0n) is 8.60. The van der Waals surface area contributed by atoms with Crippen molar-refractivity contribution < 1.29 is 9.90 Å². The zero-order chi connectivity index (χ0) is 11.5. The Kier molecular flexibility index (Phi) is 3.73. The van der Waals surface area contributed by atoms with E-state index in [1.807, 2.05) is 0 Å². The van der Waals surface area contributed by atoms with Gasteiger partial charge in [-0.1, -0.05) is 11.3 Å². The van der Waals surface area contributed by atoms with E-state index in [9.17, 15) is 4.79 Å². The molecule has 1 aromatic rings. The van der Waals surface area contributed by atoms with E-state index in [-0.39, 0.29) is 23.0 Å². The predicted octanol–water partition coefficient (Wildman–Crippen LogP) is 1.18. The smallest absolute Gasteiger partial charge is 0.285 e. The van der Waals surface area contributed by atoms with Gasteiger partial charge in [0.25, 0.3) is 5.91 Å². The van der Waals surface area contributed by atoms with Crippen LogP contribution in [0.4, 0.5) is 0 Å². The van der Waals surface area contributed by atoms with Crippen LogP contribution < -0.4 is 0 Å². The van der Waals surface area contributed by atoms with E-state index in [0.29, 0.717) is 11.6 Å². The molecule has 0 unspecified atom stereocenters. The standard InChI is InChI=1S/C9H12ClN3O2S/c10-9-12-11-7(16-9)8(15)13(4-5-14)6-2-1-3-6/h6,14H,1-5H2. The SMILES string of the molecule is O=C(c1nnc(Cl)s1)N(CCO)C1CCC1. The topological polar surface area (TPSA) is 66.3 Å². The third kappa shape index (κ3) is 2.34. The molecule has 0 spiro atoms. The lowest BCUT2D eigenvalue weighted by atomic mass is 9.91. The van der Waals surface area contributed by atoms with Gasteiger partial charge in [-0.25, -0.2) is 0 Å². The molecule has 0 bridgehead atoms. The Morgan fingerprint density at radius 2 is 2.31 bits per heavy atom. The van der Waals surface area contributed by atoms with E-state index < -0.39 is 0 Å². The van der Waals surface area contributed by atoms with Gasteiger partial charge in [-0.2, -0.15) is 0 Å². The van der Waals surface area contributed by atoms with Crippen LogP contribution in [0, 0.1) is 0 Å². The van der Waals surface area contributed by atoms with Crippen LogP contribution >= 0.6 is 22.9 Å². The van der Waals surface area contributed by atoms with Gasteiger partial charge in [-0.15, -0.1) is 10.2 Å². The summed E-state index contributed by atoms with van der Waals surface area (Å²) in [6.45, 7) is 0.315. The molecule has 16 heavy (non-hydrogen) atoms. The zero-order valence-corrected chi connectivity index (χ0v) is 10.2. The number of amides is 1. The summed E-state index contributed by atoms with van der Waals surface area (Å²) in [5.74, 6) is -0.178. The average Bonchev–Trinajstić information content (AvgIpc) is 2.60. The molecule has 1 aliphatic carbocycles. The van der Waals surface area contributed by atoms with Crippen molar-refractivity contribution in [3.8, 4) is 0 Å². The van der Waals surface area contributed by atoms with Crippen molar-refractivity contribution in [2.24, 2.45) is 0 Å². The number of rotatable bonds is 4. The predicted molar refractivity (Wildman–Crippen MR) is 60.7 cm³/mol. The molecule has 1 amide bonds. The Morgan fingerprint density at radius 1 is 1.56 bits per heavy atom. The van der Waals surface area contributed by atoms with Crippen molar-refractivity contribution in [3.05, 3.63) is 9.47 Å². The lowest BCUT2D eigenvalue weighted by molar-refractivity contribution is 0.0524. The number of hydrogen-bond acceptors (Lipinski definition) is 5. The van der Waals surface area contributed by atoms with Gasteiger partial charge in [-0.3, -0.25) is 4.79 Å². The highest BCUT2D eigenvalue weighted by atomic mass is 35.5. The molecule has 0 radical (unpaired) electrons. The fourth-order valence-electron chi connectivity index (χ4n) is 1.67. The van der Waals surface area contributed by atoms with Crippen LogP contribution in [-0.2, 0) is 0 Å². The highest BCUT2D eigenvalue weighted by Gasteiger charge is 2.30. The first-order valence-electron chi connectivity index (χ1n) is 5.13. The van der Waals surface area contributed by atoms with Gasteiger partial charge >= 0.3 is 0 Å². The Bertz CT molecular complexity index is 381. The number of carbonyl (C=O) groups is 1. The van der Waals surface area contributed by atoms with Gasteiger partial charge in [0.15, 0.2) is 0 Å². The van der Waals surface area contributed by atoms with Gasteiger partial charge in [0.05, 0.1) is 6.61 Å². The molecular weight excluding hydrogens is 250 g/mol. The van der Waals surface area contributed by atoms with Gasteiger partial charge in [0, 0.05) is 12.6 Å². The second-order valence-electron chi connectivity index (χ2n) is 3.67.